The molecule has 1 rings (SSSR count). The number of allylic oxidation sites excluding steroid dienone is 1. The number of ether oxygens (including phenoxy) is 2. The summed E-state index contributed by atoms with van der Waals surface area (Å²) in [7, 11) is 1.50. The molecule has 0 unspecified atom stereocenters. The molecule has 4 nitrogen and oxygen atoms in total. The number of nitriles is 1. The Bertz CT molecular complexity index is 472. The number of carbonyl (C=O) groups excluding carboxylic acids is 1. The molecule has 0 bridgehead atoms. The number of methoxy groups -OCH3 is 1. The molecule has 0 aliphatic carbocycles. The summed E-state index contributed by atoms with van der Waals surface area (Å²) in [4.78, 5) is 11.2. The number of benzene rings is 1. The Morgan fingerprint density at radius 3 is 2.82 bits per heavy atom. The first-order valence-corrected chi connectivity index (χ1v) is 5.16. The average molecular weight is 231 g/mol. The molecule has 0 fully saturated rings. The molecule has 1 aromatic rings. The van der Waals surface area contributed by atoms with Gasteiger partial charge in [-0.1, -0.05) is 13.0 Å². The van der Waals surface area contributed by atoms with E-state index in [1.54, 1.807) is 31.2 Å². The number of hydrogen-bond acceptors (Lipinski definition) is 4. The third-order valence-corrected chi connectivity index (χ3v) is 2.05. The molecule has 17 heavy (non-hydrogen) atoms. The first kappa shape index (κ1) is 12.8. The van der Waals surface area contributed by atoms with Crippen LogP contribution in [0.3, 0.4) is 0 Å². The Labute approximate surface area is 100 Å². The zero-order valence-electron chi connectivity index (χ0n) is 9.77. The van der Waals surface area contributed by atoms with Gasteiger partial charge in [-0.05, 0) is 23.8 Å². The summed E-state index contributed by atoms with van der Waals surface area (Å²) in [5, 5.41) is 8.42. The van der Waals surface area contributed by atoms with Gasteiger partial charge in [0.25, 0.3) is 0 Å². The molecule has 88 valence electrons. The Morgan fingerprint density at radius 2 is 2.24 bits per heavy atom. The van der Waals surface area contributed by atoms with Crippen molar-refractivity contribution >= 4 is 12.0 Å². The minimum absolute atomic E-state index is 0.305. The van der Waals surface area contributed by atoms with Crippen LogP contribution in [0, 0.1) is 11.3 Å². The first-order chi connectivity index (χ1) is 8.21. The monoisotopic (exact) mass is 231 g/mol. The van der Waals surface area contributed by atoms with Crippen molar-refractivity contribution in [3.05, 3.63) is 29.8 Å². The van der Waals surface area contributed by atoms with E-state index in [0.717, 1.165) is 5.56 Å². The molecule has 0 radical (unpaired) electrons. The molecule has 0 aliphatic rings. The Kier molecular flexibility index (Phi) is 4.77. The van der Waals surface area contributed by atoms with E-state index in [2.05, 4.69) is 0 Å². The van der Waals surface area contributed by atoms with Crippen LogP contribution >= 0.6 is 0 Å². The summed E-state index contributed by atoms with van der Waals surface area (Å²) in [5.41, 5.74) is 0.805. The normalized spacial score (nSPS) is 9.94. The summed E-state index contributed by atoms with van der Waals surface area (Å²) in [6, 6.07) is 6.99. The highest BCUT2D eigenvalue weighted by molar-refractivity contribution is 5.73. The van der Waals surface area contributed by atoms with Crippen molar-refractivity contribution in [1.82, 2.24) is 0 Å². The van der Waals surface area contributed by atoms with Gasteiger partial charge in [-0.3, -0.25) is 4.79 Å². The molecule has 0 heterocycles. The van der Waals surface area contributed by atoms with Crippen molar-refractivity contribution in [2.45, 2.75) is 13.3 Å². The summed E-state index contributed by atoms with van der Waals surface area (Å²) < 4.78 is 10.2. The van der Waals surface area contributed by atoms with Gasteiger partial charge in [-0.2, -0.15) is 5.26 Å². The molecular weight excluding hydrogens is 218 g/mol. The summed E-state index contributed by atoms with van der Waals surface area (Å²) >= 11 is 0. The molecule has 0 aliphatic heterocycles. The molecule has 0 saturated heterocycles. The lowest BCUT2D eigenvalue weighted by molar-refractivity contribution is -0.134. The smallest absolute Gasteiger partial charge is 0.311 e. The van der Waals surface area contributed by atoms with Crippen molar-refractivity contribution in [3.63, 3.8) is 0 Å². The third kappa shape index (κ3) is 3.65. The van der Waals surface area contributed by atoms with Crippen LogP contribution in [0.2, 0.25) is 0 Å². The van der Waals surface area contributed by atoms with Crippen LogP contribution in [0.15, 0.2) is 24.3 Å². The molecule has 4 heteroatoms. The van der Waals surface area contributed by atoms with Gasteiger partial charge in [0.1, 0.15) is 0 Å². The molecule has 0 spiro atoms. The van der Waals surface area contributed by atoms with Gasteiger partial charge in [-0.15, -0.1) is 0 Å². The van der Waals surface area contributed by atoms with Gasteiger partial charge in [0, 0.05) is 12.5 Å². The van der Waals surface area contributed by atoms with Crippen molar-refractivity contribution in [2.75, 3.05) is 7.11 Å². The van der Waals surface area contributed by atoms with Gasteiger partial charge in [-0.25, -0.2) is 0 Å². The fourth-order valence-electron chi connectivity index (χ4n) is 1.20. The molecule has 0 saturated carbocycles. The van der Waals surface area contributed by atoms with E-state index >= 15 is 0 Å². The van der Waals surface area contributed by atoms with Crippen molar-refractivity contribution in [3.8, 4) is 17.6 Å². The lowest BCUT2D eigenvalue weighted by atomic mass is 10.2. The van der Waals surface area contributed by atoms with Gasteiger partial charge in [0.2, 0.25) is 0 Å². The predicted molar refractivity (Wildman–Crippen MR) is 63.6 cm³/mol. The van der Waals surface area contributed by atoms with Crippen molar-refractivity contribution in [2.24, 2.45) is 0 Å². The van der Waals surface area contributed by atoms with Crippen LogP contribution in [-0.2, 0) is 4.79 Å². The van der Waals surface area contributed by atoms with Gasteiger partial charge >= 0.3 is 5.97 Å². The molecule has 1 aromatic carbocycles. The zero-order valence-corrected chi connectivity index (χ0v) is 9.77. The van der Waals surface area contributed by atoms with E-state index in [1.807, 2.05) is 6.07 Å². The fraction of sp³-hybridized carbons (Fsp3) is 0.231. The van der Waals surface area contributed by atoms with Gasteiger partial charge in [0.15, 0.2) is 11.5 Å². The molecule has 0 N–H and O–H groups in total. The maximum absolute atomic E-state index is 11.2. The van der Waals surface area contributed by atoms with Crippen LogP contribution in [0.25, 0.3) is 6.08 Å². The quantitative estimate of drug-likeness (QED) is 0.454. The van der Waals surface area contributed by atoms with Crippen LogP contribution < -0.4 is 9.47 Å². The van der Waals surface area contributed by atoms with E-state index in [0.29, 0.717) is 17.9 Å². The second-order valence-corrected chi connectivity index (χ2v) is 3.20. The van der Waals surface area contributed by atoms with E-state index < -0.39 is 0 Å². The number of esters is 1. The SMILES string of the molecule is CCC(=O)Oc1ccc(/C=C\C#N)cc1OC. The lowest BCUT2D eigenvalue weighted by Gasteiger charge is -2.09. The van der Waals surface area contributed by atoms with Gasteiger partial charge < -0.3 is 9.47 Å². The number of carbonyl (C=O) groups is 1. The van der Waals surface area contributed by atoms with E-state index in [-0.39, 0.29) is 5.97 Å². The standard InChI is InChI=1S/C13H13NO3/c1-3-13(15)17-11-7-6-10(5-4-8-14)9-12(11)16-2/h4-7,9H,3H2,1-2H3/b5-4-. The summed E-state index contributed by atoms with van der Waals surface area (Å²) in [6.45, 7) is 1.72. The minimum atomic E-state index is -0.316. The average Bonchev–Trinajstić information content (AvgIpc) is 2.37. The van der Waals surface area contributed by atoms with Crippen molar-refractivity contribution < 1.29 is 14.3 Å². The molecular formula is C13H13NO3. The predicted octanol–water partition coefficient (Wildman–Crippen LogP) is 2.55. The molecule has 0 amide bonds. The van der Waals surface area contributed by atoms with Crippen LogP contribution in [-0.4, -0.2) is 13.1 Å². The maximum atomic E-state index is 11.2. The third-order valence-electron chi connectivity index (χ3n) is 2.05. The highest BCUT2D eigenvalue weighted by Crippen LogP contribution is 2.28. The second kappa shape index (κ2) is 6.33. The second-order valence-electron chi connectivity index (χ2n) is 3.20. The first-order valence-electron chi connectivity index (χ1n) is 5.16. The number of hydrogen-bond donors (Lipinski definition) is 0. The van der Waals surface area contributed by atoms with Crippen molar-refractivity contribution in [1.29, 1.82) is 5.26 Å². The number of rotatable bonds is 4. The fourth-order valence-corrected chi connectivity index (χ4v) is 1.20. The zero-order chi connectivity index (χ0) is 12.7. The number of nitrogens with zero attached hydrogens (tertiary/aromatic N) is 1. The molecule has 0 aromatic heterocycles. The highest BCUT2D eigenvalue weighted by Gasteiger charge is 2.08. The minimum Gasteiger partial charge on any atom is -0.493 e. The highest BCUT2D eigenvalue weighted by atomic mass is 16.6. The maximum Gasteiger partial charge on any atom is 0.311 e. The summed E-state index contributed by atoms with van der Waals surface area (Å²) in [6.07, 6.45) is 3.32. The van der Waals surface area contributed by atoms with Crippen LogP contribution in [0.4, 0.5) is 0 Å². The van der Waals surface area contributed by atoms with E-state index in [9.17, 15) is 4.79 Å². The topological polar surface area (TPSA) is 59.3 Å². The molecule has 0 atom stereocenters. The van der Waals surface area contributed by atoms with E-state index in [4.69, 9.17) is 14.7 Å². The lowest BCUT2D eigenvalue weighted by Crippen LogP contribution is -2.06. The van der Waals surface area contributed by atoms with Crippen LogP contribution in [0.1, 0.15) is 18.9 Å². The Hall–Kier alpha value is -2.28. The van der Waals surface area contributed by atoms with E-state index in [1.165, 1.54) is 13.2 Å². The largest absolute Gasteiger partial charge is 0.493 e. The summed E-state index contributed by atoms with van der Waals surface area (Å²) in [5.74, 6) is 0.531. The Balaban J connectivity index is 2.97. The Morgan fingerprint density at radius 1 is 1.47 bits per heavy atom. The van der Waals surface area contributed by atoms with Gasteiger partial charge in [0.05, 0.1) is 13.2 Å². The van der Waals surface area contributed by atoms with Crippen LogP contribution in [0.5, 0.6) is 11.5 Å².